The fourth-order valence-corrected chi connectivity index (χ4v) is 2.25. The Morgan fingerprint density at radius 2 is 1.91 bits per heavy atom. The Hall–Kier alpha value is -2.28. The van der Waals surface area contributed by atoms with E-state index in [0.29, 0.717) is 38.1 Å². The summed E-state index contributed by atoms with van der Waals surface area (Å²) in [6.45, 7) is 4.54. The average Bonchev–Trinajstić information content (AvgIpc) is 2.50. The second-order valence-corrected chi connectivity index (χ2v) is 5.04. The summed E-state index contributed by atoms with van der Waals surface area (Å²) in [5.41, 5.74) is 0.939. The van der Waals surface area contributed by atoms with Gasteiger partial charge in [-0.2, -0.15) is 4.98 Å². The van der Waals surface area contributed by atoms with Crippen molar-refractivity contribution >= 4 is 17.5 Å². The molecule has 1 aromatic carbocycles. The monoisotopic (exact) mass is 306 g/mol. The molecule has 0 bridgehead atoms. The SMILES string of the molecule is Cc1cc(Nc2ccc(F)cc2F)nc(N2CCOCC2)n1. The molecule has 7 heteroatoms. The van der Waals surface area contributed by atoms with Crippen molar-refractivity contribution in [2.45, 2.75) is 6.92 Å². The Morgan fingerprint density at radius 1 is 1.14 bits per heavy atom. The van der Waals surface area contributed by atoms with Crippen molar-refractivity contribution in [3.8, 4) is 0 Å². The molecule has 0 radical (unpaired) electrons. The summed E-state index contributed by atoms with van der Waals surface area (Å²) < 4.78 is 32.0. The largest absolute Gasteiger partial charge is 0.378 e. The fourth-order valence-electron chi connectivity index (χ4n) is 2.25. The van der Waals surface area contributed by atoms with Crippen molar-refractivity contribution in [2.24, 2.45) is 0 Å². The third-order valence-corrected chi connectivity index (χ3v) is 3.33. The lowest BCUT2D eigenvalue weighted by Gasteiger charge is -2.27. The molecule has 1 aromatic heterocycles. The number of hydrogen-bond acceptors (Lipinski definition) is 5. The van der Waals surface area contributed by atoms with E-state index in [4.69, 9.17) is 4.74 Å². The number of halogens is 2. The average molecular weight is 306 g/mol. The molecule has 1 fully saturated rings. The van der Waals surface area contributed by atoms with Gasteiger partial charge in [0.2, 0.25) is 5.95 Å². The van der Waals surface area contributed by atoms with Crippen LogP contribution in [0.25, 0.3) is 0 Å². The van der Waals surface area contributed by atoms with Crippen LogP contribution in [0.5, 0.6) is 0 Å². The third-order valence-electron chi connectivity index (χ3n) is 3.33. The van der Waals surface area contributed by atoms with Crippen LogP contribution in [0.4, 0.5) is 26.2 Å². The summed E-state index contributed by atoms with van der Waals surface area (Å²) in [5, 5.41) is 2.87. The molecule has 5 nitrogen and oxygen atoms in total. The molecule has 1 aliphatic rings. The number of benzene rings is 1. The Labute approximate surface area is 127 Å². The first-order valence-electron chi connectivity index (χ1n) is 7.02. The molecule has 0 amide bonds. The van der Waals surface area contributed by atoms with Gasteiger partial charge in [0.15, 0.2) is 0 Å². The molecule has 1 saturated heterocycles. The number of morpholine rings is 1. The van der Waals surface area contributed by atoms with Gasteiger partial charge in [-0.3, -0.25) is 0 Å². The molecule has 0 unspecified atom stereocenters. The third kappa shape index (κ3) is 3.30. The molecule has 1 aliphatic heterocycles. The molecule has 2 heterocycles. The zero-order valence-electron chi connectivity index (χ0n) is 12.1. The fraction of sp³-hybridized carbons (Fsp3) is 0.333. The number of hydrogen-bond donors (Lipinski definition) is 1. The van der Waals surface area contributed by atoms with Crippen molar-refractivity contribution in [3.63, 3.8) is 0 Å². The molecule has 22 heavy (non-hydrogen) atoms. The van der Waals surface area contributed by atoms with Crippen molar-refractivity contribution in [2.75, 3.05) is 36.5 Å². The lowest BCUT2D eigenvalue weighted by Crippen LogP contribution is -2.37. The second kappa shape index (κ2) is 6.23. The maximum Gasteiger partial charge on any atom is 0.227 e. The van der Waals surface area contributed by atoms with Gasteiger partial charge in [-0.1, -0.05) is 0 Å². The molecule has 0 spiro atoms. The highest BCUT2D eigenvalue weighted by Gasteiger charge is 2.15. The molecule has 0 atom stereocenters. The number of ether oxygens (including phenoxy) is 1. The Balaban J connectivity index is 1.85. The molecule has 0 aliphatic carbocycles. The normalized spacial score (nSPS) is 15.0. The highest BCUT2D eigenvalue weighted by molar-refractivity contribution is 5.58. The molecular formula is C15H16F2N4O. The number of anilines is 3. The minimum absolute atomic E-state index is 0.174. The van der Waals surface area contributed by atoms with Crippen LogP contribution in [-0.2, 0) is 4.74 Å². The number of nitrogens with zero attached hydrogens (tertiary/aromatic N) is 3. The zero-order chi connectivity index (χ0) is 15.5. The van der Waals surface area contributed by atoms with E-state index in [2.05, 4.69) is 15.3 Å². The summed E-state index contributed by atoms with van der Waals surface area (Å²) in [7, 11) is 0. The molecule has 116 valence electrons. The quantitative estimate of drug-likeness (QED) is 0.945. The Morgan fingerprint density at radius 3 is 2.64 bits per heavy atom. The van der Waals surface area contributed by atoms with Crippen LogP contribution >= 0.6 is 0 Å². The van der Waals surface area contributed by atoms with Crippen LogP contribution in [0.15, 0.2) is 24.3 Å². The zero-order valence-corrected chi connectivity index (χ0v) is 12.1. The van der Waals surface area contributed by atoms with E-state index in [9.17, 15) is 8.78 Å². The van der Waals surface area contributed by atoms with Gasteiger partial charge in [-0.25, -0.2) is 13.8 Å². The van der Waals surface area contributed by atoms with Crippen LogP contribution in [0.2, 0.25) is 0 Å². The second-order valence-electron chi connectivity index (χ2n) is 5.04. The first kappa shape index (κ1) is 14.6. The van der Waals surface area contributed by atoms with Gasteiger partial charge < -0.3 is 15.0 Å². The summed E-state index contributed by atoms with van der Waals surface area (Å²) >= 11 is 0. The number of aryl methyl sites for hydroxylation is 1. The maximum atomic E-state index is 13.7. The van der Waals surface area contributed by atoms with Gasteiger partial charge in [0.1, 0.15) is 17.5 Å². The van der Waals surface area contributed by atoms with Crippen LogP contribution in [-0.4, -0.2) is 36.3 Å². The van der Waals surface area contributed by atoms with E-state index in [0.717, 1.165) is 11.8 Å². The van der Waals surface area contributed by atoms with Crippen LogP contribution < -0.4 is 10.2 Å². The highest BCUT2D eigenvalue weighted by Crippen LogP contribution is 2.22. The summed E-state index contributed by atoms with van der Waals surface area (Å²) in [6, 6.07) is 5.09. The van der Waals surface area contributed by atoms with Gasteiger partial charge in [0, 0.05) is 30.9 Å². The lowest BCUT2D eigenvalue weighted by molar-refractivity contribution is 0.122. The number of nitrogens with one attached hydrogen (secondary N) is 1. The van der Waals surface area contributed by atoms with Gasteiger partial charge in [0.05, 0.1) is 18.9 Å². The molecule has 2 aromatic rings. The summed E-state index contributed by atoms with van der Waals surface area (Å²) in [6.07, 6.45) is 0. The first-order chi connectivity index (χ1) is 10.6. The van der Waals surface area contributed by atoms with E-state index in [1.165, 1.54) is 12.1 Å². The first-order valence-corrected chi connectivity index (χ1v) is 7.02. The van der Waals surface area contributed by atoms with Gasteiger partial charge in [0.25, 0.3) is 0 Å². The summed E-state index contributed by atoms with van der Waals surface area (Å²) in [4.78, 5) is 10.8. The van der Waals surface area contributed by atoms with Gasteiger partial charge >= 0.3 is 0 Å². The van der Waals surface area contributed by atoms with E-state index in [-0.39, 0.29) is 5.69 Å². The van der Waals surface area contributed by atoms with Gasteiger partial charge in [-0.05, 0) is 19.1 Å². The predicted molar refractivity (Wildman–Crippen MR) is 79.4 cm³/mol. The lowest BCUT2D eigenvalue weighted by atomic mass is 10.3. The molecule has 1 N–H and O–H groups in total. The van der Waals surface area contributed by atoms with Crippen LogP contribution in [0.3, 0.4) is 0 Å². The standard InChI is InChI=1S/C15H16F2N4O/c1-10-8-14(19-13-3-2-11(16)9-12(13)17)20-15(18-10)21-4-6-22-7-5-21/h2-3,8-9H,4-7H2,1H3,(H,18,19,20). The Bertz CT molecular complexity index is 675. The minimum Gasteiger partial charge on any atom is -0.378 e. The van der Waals surface area contributed by atoms with Crippen molar-refractivity contribution in [1.29, 1.82) is 0 Å². The number of rotatable bonds is 3. The molecule has 3 rings (SSSR count). The van der Waals surface area contributed by atoms with E-state index >= 15 is 0 Å². The van der Waals surface area contributed by atoms with Crippen LogP contribution in [0.1, 0.15) is 5.69 Å². The molecule has 0 saturated carbocycles. The number of aromatic nitrogens is 2. The van der Waals surface area contributed by atoms with E-state index in [1.807, 2.05) is 11.8 Å². The van der Waals surface area contributed by atoms with Crippen molar-refractivity contribution in [3.05, 3.63) is 41.6 Å². The summed E-state index contributed by atoms with van der Waals surface area (Å²) in [5.74, 6) is -0.229. The maximum absolute atomic E-state index is 13.7. The van der Waals surface area contributed by atoms with Crippen molar-refractivity contribution < 1.29 is 13.5 Å². The highest BCUT2D eigenvalue weighted by atomic mass is 19.1. The van der Waals surface area contributed by atoms with E-state index < -0.39 is 11.6 Å². The predicted octanol–water partition coefficient (Wildman–Crippen LogP) is 2.64. The minimum atomic E-state index is -0.663. The Kier molecular flexibility index (Phi) is 4.15. The molecular weight excluding hydrogens is 290 g/mol. The van der Waals surface area contributed by atoms with Crippen molar-refractivity contribution in [1.82, 2.24) is 9.97 Å². The van der Waals surface area contributed by atoms with Gasteiger partial charge in [-0.15, -0.1) is 0 Å². The van der Waals surface area contributed by atoms with E-state index in [1.54, 1.807) is 6.07 Å². The topological polar surface area (TPSA) is 50.3 Å². The van der Waals surface area contributed by atoms with Crippen LogP contribution in [0, 0.1) is 18.6 Å². The smallest absolute Gasteiger partial charge is 0.227 e.